The van der Waals surface area contributed by atoms with Crippen LogP contribution in [0.1, 0.15) is 71.1 Å². The largest absolute Gasteiger partial charge is 0.396 e. The van der Waals surface area contributed by atoms with Gasteiger partial charge in [0.15, 0.2) is 0 Å². The third-order valence-electron chi connectivity index (χ3n) is 5.36. The Bertz CT molecular complexity index is 386. The van der Waals surface area contributed by atoms with E-state index in [0.29, 0.717) is 18.8 Å². The highest BCUT2D eigenvalue weighted by Gasteiger charge is 2.28. The predicted octanol–water partition coefficient (Wildman–Crippen LogP) is 2.13. The quantitative estimate of drug-likeness (QED) is 0.671. The molecule has 1 unspecified atom stereocenters. The molecular weight excluding hydrogens is 292 g/mol. The lowest BCUT2D eigenvalue weighted by molar-refractivity contribution is -0.126. The van der Waals surface area contributed by atoms with Gasteiger partial charge in [0, 0.05) is 31.0 Å². The molecule has 0 spiro atoms. The topological polar surface area (TPSA) is 78.4 Å². The highest BCUT2D eigenvalue weighted by Crippen LogP contribution is 2.28. The molecule has 132 valence electrons. The third kappa shape index (κ3) is 6.13. The Morgan fingerprint density at radius 1 is 1.09 bits per heavy atom. The summed E-state index contributed by atoms with van der Waals surface area (Å²) in [5.41, 5.74) is 0. The van der Waals surface area contributed by atoms with Gasteiger partial charge in [-0.3, -0.25) is 9.59 Å². The summed E-state index contributed by atoms with van der Waals surface area (Å²) < 4.78 is 0. The molecule has 23 heavy (non-hydrogen) atoms. The maximum atomic E-state index is 12.2. The summed E-state index contributed by atoms with van der Waals surface area (Å²) in [5.74, 6) is 0.937. The zero-order chi connectivity index (χ0) is 16.7. The molecule has 0 bridgehead atoms. The summed E-state index contributed by atoms with van der Waals surface area (Å²) >= 11 is 0. The Morgan fingerprint density at radius 3 is 2.35 bits per heavy atom. The molecule has 0 aromatic rings. The van der Waals surface area contributed by atoms with Gasteiger partial charge in [0.05, 0.1) is 0 Å². The smallest absolute Gasteiger partial charge is 0.223 e. The van der Waals surface area contributed by atoms with Gasteiger partial charge in [-0.1, -0.05) is 12.8 Å². The van der Waals surface area contributed by atoms with Crippen molar-refractivity contribution in [3.63, 3.8) is 0 Å². The van der Waals surface area contributed by atoms with Crippen LogP contribution in [0, 0.1) is 11.8 Å². The zero-order valence-electron chi connectivity index (χ0n) is 14.4. The zero-order valence-corrected chi connectivity index (χ0v) is 14.4. The molecule has 0 saturated heterocycles. The summed E-state index contributed by atoms with van der Waals surface area (Å²) in [6, 6.07) is 0.263. The minimum atomic E-state index is 0.0244. The van der Waals surface area contributed by atoms with E-state index in [0.717, 1.165) is 25.7 Å². The van der Waals surface area contributed by atoms with Gasteiger partial charge in [-0.25, -0.2) is 0 Å². The van der Waals surface area contributed by atoms with Gasteiger partial charge in [0.25, 0.3) is 0 Å². The molecule has 1 atom stereocenters. The summed E-state index contributed by atoms with van der Waals surface area (Å²) in [7, 11) is 0. The Morgan fingerprint density at radius 2 is 1.74 bits per heavy atom. The molecule has 2 amide bonds. The van der Waals surface area contributed by atoms with Crippen molar-refractivity contribution >= 4 is 11.8 Å². The van der Waals surface area contributed by atoms with Crippen molar-refractivity contribution in [3.05, 3.63) is 0 Å². The molecule has 0 aromatic carbocycles. The fourth-order valence-corrected chi connectivity index (χ4v) is 3.89. The van der Waals surface area contributed by atoms with Crippen LogP contribution in [0.2, 0.25) is 0 Å². The van der Waals surface area contributed by atoms with Crippen molar-refractivity contribution in [2.75, 3.05) is 6.61 Å². The molecule has 2 aliphatic carbocycles. The van der Waals surface area contributed by atoms with Gasteiger partial charge in [-0.15, -0.1) is 0 Å². The predicted molar refractivity (Wildman–Crippen MR) is 89.8 cm³/mol. The first-order valence-corrected chi connectivity index (χ1v) is 9.29. The molecule has 5 nitrogen and oxygen atoms in total. The Balaban J connectivity index is 1.64. The number of nitrogens with one attached hydrogen (secondary N) is 2. The van der Waals surface area contributed by atoms with Crippen molar-refractivity contribution in [1.29, 1.82) is 0 Å². The first-order chi connectivity index (χ1) is 11.1. The third-order valence-corrected chi connectivity index (χ3v) is 5.36. The lowest BCUT2D eigenvalue weighted by Crippen LogP contribution is -2.43. The highest BCUT2D eigenvalue weighted by atomic mass is 16.3. The summed E-state index contributed by atoms with van der Waals surface area (Å²) in [6.07, 6.45) is 9.68. The maximum Gasteiger partial charge on any atom is 0.223 e. The number of hydrogen-bond acceptors (Lipinski definition) is 3. The van der Waals surface area contributed by atoms with E-state index in [-0.39, 0.29) is 36.4 Å². The van der Waals surface area contributed by atoms with Crippen LogP contribution in [0.3, 0.4) is 0 Å². The molecule has 0 radical (unpaired) electrons. The molecule has 0 heterocycles. The van der Waals surface area contributed by atoms with Crippen LogP contribution in [0.15, 0.2) is 0 Å². The van der Waals surface area contributed by atoms with Crippen molar-refractivity contribution in [3.8, 4) is 0 Å². The summed E-state index contributed by atoms with van der Waals surface area (Å²) in [5, 5.41) is 15.0. The van der Waals surface area contributed by atoms with Gasteiger partial charge in [-0.2, -0.15) is 0 Å². The number of aliphatic hydroxyl groups excluding tert-OH is 1. The van der Waals surface area contributed by atoms with Crippen LogP contribution < -0.4 is 10.6 Å². The van der Waals surface area contributed by atoms with Gasteiger partial charge in [0.2, 0.25) is 11.8 Å². The monoisotopic (exact) mass is 324 g/mol. The number of hydrogen-bond donors (Lipinski definition) is 3. The van der Waals surface area contributed by atoms with Crippen LogP contribution in [0.25, 0.3) is 0 Å². The number of rotatable bonds is 7. The van der Waals surface area contributed by atoms with E-state index in [4.69, 9.17) is 5.11 Å². The van der Waals surface area contributed by atoms with Gasteiger partial charge < -0.3 is 15.7 Å². The second-order valence-corrected chi connectivity index (χ2v) is 7.39. The second kappa shape index (κ2) is 9.26. The summed E-state index contributed by atoms with van der Waals surface area (Å²) in [4.78, 5) is 24.2. The van der Waals surface area contributed by atoms with Crippen molar-refractivity contribution in [2.24, 2.45) is 11.8 Å². The summed E-state index contributed by atoms with van der Waals surface area (Å²) in [6.45, 7) is 2.02. The van der Waals surface area contributed by atoms with E-state index in [1.807, 2.05) is 6.92 Å². The first-order valence-electron chi connectivity index (χ1n) is 9.29. The van der Waals surface area contributed by atoms with Gasteiger partial charge in [0.1, 0.15) is 0 Å². The minimum Gasteiger partial charge on any atom is -0.396 e. The molecule has 2 saturated carbocycles. The van der Waals surface area contributed by atoms with E-state index in [1.54, 1.807) is 0 Å². The molecule has 2 aliphatic rings. The van der Waals surface area contributed by atoms with Crippen LogP contribution in [-0.2, 0) is 9.59 Å². The van der Waals surface area contributed by atoms with Crippen LogP contribution in [0.4, 0.5) is 0 Å². The first kappa shape index (κ1) is 18.2. The molecule has 2 rings (SSSR count). The number of amides is 2. The fraction of sp³-hybridized carbons (Fsp3) is 0.889. The van der Waals surface area contributed by atoms with Crippen molar-refractivity contribution in [1.82, 2.24) is 10.6 Å². The lowest BCUT2D eigenvalue weighted by Gasteiger charge is -2.29. The van der Waals surface area contributed by atoms with Crippen molar-refractivity contribution in [2.45, 2.75) is 83.2 Å². The Labute approximate surface area is 139 Å². The molecule has 0 aliphatic heterocycles. The van der Waals surface area contributed by atoms with Gasteiger partial charge >= 0.3 is 0 Å². The molecular formula is C18H32N2O3. The average molecular weight is 324 g/mol. The molecule has 5 heteroatoms. The van der Waals surface area contributed by atoms with E-state index in [1.165, 1.54) is 25.7 Å². The Hall–Kier alpha value is -1.10. The van der Waals surface area contributed by atoms with E-state index in [9.17, 15) is 9.59 Å². The highest BCUT2D eigenvalue weighted by molar-refractivity contribution is 5.79. The normalized spacial score (nSPS) is 26.7. The molecule has 2 fully saturated rings. The maximum absolute atomic E-state index is 12.2. The molecule has 3 N–H and O–H groups in total. The number of carbonyl (C=O) groups excluding carboxylic acids is 2. The van der Waals surface area contributed by atoms with Crippen LogP contribution in [0.5, 0.6) is 0 Å². The number of aliphatic hydroxyl groups is 1. The van der Waals surface area contributed by atoms with E-state index < -0.39 is 0 Å². The standard InChI is InChI=1S/C18H32N2O3/c1-13(10-11-21)19-18(23)15-6-8-16(9-7-15)20-17(22)12-14-4-2-3-5-14/h13-16,21H,2-12H2,1H3,(H,19,23)(H,20,22). The van der Waals surface area contributed by atoms with E-state index in [2.05, 4.69) is 10.6 Å². The molecule has 0 aromatic heterocycles. The van der Waals surface area contributed by atoms with Crippen LogP contribution >= 0.6 is 0 Å². The minimum absolute atomic E-state index is 0.0244. The van der Waals surface area contributed by atoms with Crippen molar-refractivity contribution < 1.29 is 14.7 Å². The van der Waals surface area contributed by atoms with Gasteiger partial charge in [-0.05, 0) is 57.8 Å². The number of carbonyl (C=O) groups is 2. The second-order valence-electron chi connectivity index (χ2n) is 7.39. The van der Waals surface area contributed by atoms with E-state index >= 15 is 0 Å². The lowest BCUT2D eigenvalue weighted by atomic mass is 9.85. The Kier molecular flexibility index (Phi) is 7.34. The van der Waals surface area contributed by atoms with Crippen LogP contribution in [-0.4, -0.2) is 35.6 Å². The SMILES string of the molecule is CC(CCO)NC(=O)C1CCC(NC(=O)CC2CCCC2)CC1. The average Bonchev–Trinajstić information content (AvgIpc) is 3.00. The fourth-order valence-electron chi connectivity index (χ4n) is 3.89.